The minimum absolute atomic E-state index is 0.139. The van der Waals surface area contributed by atoms with Crippen molar-refractivity contribution in [2.45, 2.75) is 25.2 Å². The standard InChI is InChI=1S/C22H20Cl3N3OS/c1-14-12-16(15(2)28(14)20-5-3-4-19(24)22(20)25)13-26-27-21(29)10-11-30-18-8-6-17(23)7-9-18/h3-9,12-13H,10-11H2,1-2H3,(H,27,29)/b26-13-. The molecular weight excluding hydrogens is 461 g/mol. The number of hydrogen-bond acceptors (Lipinski definition) is 3. The molecule has 1 heterocycles. The number of amides is 1. The van der Waals surface area contributed by atoms with E-state index in [1.54, 1.807) is 24.0 Å². The molecule has 0 unspecified atom stereocenters. The minimum Gasteiger partial charge on any atom is -0.316 e. The monoisotopic (exact) mass is 479 g/mol. The molecule has 0 saturated carbocycles. The van der Waals surface area contributed by atoms with E-state index in [1.807, 2.05) is 60.9 Å². The lowest BCUT2D eigenvalue weighted by Gasteiger charge is -2.12. The molecule has 0 aliphatic carbocycles. The van der Waals surface area contributed by atoms with E-state index in [0.717, 1.165) is 27.5 Å². The van der Waals surface area contributed by atoms with Gasteiger partial charge >= 0.3 is 0 Å². The number of halogens is 3. The van der Waals surface area contributed by atoms with Crippen molar-refractivity contribution in [3.05, 3.63) is 80.6 Å². The summed E-state index contributed by atoms with van der Waals surface area (Å²) < 4.78 is 2.01. The molecule has 30 heavy (non-hydrogen) atoms. The quantitative estimate of drug-likeness (QED) is 0.233. The SMILES string of the molecule is Cc1cc(/C=N\NC(=O)CCSc2ccc(Cl)cc2)c(C)n1-c1cccc(Cl)c1Cl. The van der Waals surface area contributed by atoms with Crippen molar-refractivity contribution in [1.29, 1.82) is 0 Å². The number of nitrogens with zero attached hydrogens (tertiary/aromatic N) is 2. The highest BCUT2D eigenvalue weighted by Crippen LogP contribution is 2.31. The molecule has 1 aromatic heterocycles. The van der Waals surface area contributed by atoms with E-state index in [0.29, 0.717) is 27.2 Å². The Morgan fingerprint density at radius 2 is 1.87 bits per heavy atom. The van der Waals surface area contributed by atoms with Crippen molar-refractivity contribution in [3.63, 3.8) is 0 Å². The zero-order valence-electron chi connectivity index (χ0n) is 16.5. The van der Waals surface area contributed by atoms with E-state index >= 15 is 0 Å². The number of carbonyl (C=O) groups excluding carboxylic acids is 1. The molecule has 0 radical (unpaired) electrons. The Balaban J connectivity index is 1.59. The third-order valence-electron chi connectivity index (χ3n) is 4.45. The summed E-state index contributed by atoms with van der Waals surface area (Å²) in [6.45, 7) is 3.95. The maximum Gasteiger partial charge on any atom is 0.240 e. The summed E-state index contributed by atoms with van der Waals surface area (Å²) in [4.78, 5) is 13.1. The molecule has 1 N–H and O–H groups in total. The molecule has 1 amide bonds. The topological polar surface area (TPSA) is 46.4 Å². The number of rotatable bonds is 7. The number of hydrogen-bond donors (Lipinski definition) is 1. The van der Waals surface area contributed by atoms with Gasteiger partial charge in [-0.2, -0.15) is 5.10 Å². The van der Waals surface area contributed by atoms with Crippen molar-refractivity contribution in [2.75, 3.05) is 5.75 Å². The third-order valence-corrected chi connectivity index (χ3v) is 6.52. The summed E-state index contributed by atoms with van der Waals surface area (Å²) in [5, 5.41) is 5.80. The Labute approximate surface area is 195 Å². The van der Waals surface area contributed by atoms with E-state index in [1.165, 1.54) is 0 Å². The molecule has 0 aliphatic heterocycles. The summed E-state index contributed by atoms with van der Waals surface area (Å²) in [7, 11) is 0. The Kier molecular flexibility index (Phi) is 7.89. The van der Waals surface area contributed by atoms with Gasteiger partial charge in [-0.25, -0.2) is 5.43 Å². The maximum atomic E-state index is 12.0. The van der Waals surface area contributed by atoms with Crippen molar-refractivity contribution in [2.24, 2.45) is 5.10 Å². The van der Waals surface area contributed by atoms with Crippen LogP contribution in [0.4, 0.5) is 0 Å². The Hall–Kier alpha value is -1.92. The molecule has 0 fully saturated rings. The molecule has 3 rings (SSSR count). The molecule has 0 aliphatic rings. The maximum absolute atomic E-state index is 12.0. The van der Waals surface area contributed by atoms with Crippen molar-refractivity contribution >= 4 is 58.7 Å². The van der Waals surface area contributed by atoms with E-state index in [4.69, 9.17) is 34.8 Å². The average molecular weight is 481 g/mol. The van der Waals surface area contributed by atoms with Crippen molar-refractivity contribution in [3.8, 4) is 5.69 Å². The van der Waals surface area contributed by atoms with Crippen LogP contribution in [0.3, 0.4) is 0 Å². The molecule has 156 valence electrons. The van der Waals surface area contributed by atoms with Gasteiger partial charge in [0.05, 0.1) is 21.9 Å². The first kappa shape index (κ1) is 22.8. The number of carbonyl (C=O) groups is 1. The molecule has 2 aromatic carbocycles. The summed E-state index contributed by atoms with van der Waals surface area (Å²) in [6.07, 6.45) is 2.00. The van der Waals surface area contributed by atoms with Crippen LogP contribution in [0.15, 0.2) is 58.5 Å². The van der Waals surface area contributed by atoms with Gasteiger partial charge in [-0.3, -0.25) is 4.79 Å². The van der Waals surface area contributed by atoms with Crippen LogP contribution in [-0.2, 0) is 4.79 Å². The lowest BCUT2D eigenvalue weighted by Crippen LogP contribution is -2.17. The van der Waals surface area contributed by atoms with Crippen LogP contribution < -0.4 is 5.43 Å². The van der Waals surface area contributed by atoms with Gasteiger partial charge in [0.25, 0.3) is 0 Å². The first-order chi connectivity index (χ1) is 14.4. The smallest absolute Gasteiger partial charge is 0.240 e. The van der Waals surface area contributed by atoms with Crippen LogP contribution in [0.5, 0.6) is 0 Å². The van der Waals surface area contributed by atoms with Crippen LogP contribution in [0.1, 0.15) is 23.4 Å². The van der Waals surface area contributed by atoms with E-state index in [9.17, 15) is 4.79 Å². The van der Waals surface area contributed by atoms with Crippen LogP contribution in [0, 0.1) is 13.8 Å². The van der Waals surface area contributed by atoms with Crippen molar-refractivity contribution in [1.82, 2.24) is 9.99 Å². The summed E-state index contributed by atoms with van der Waals surface area (Å²) in [6, 6.07) is 15.1. The number of hydrazone groups is 1. The highest BCUT2D eigenvalue weighted by Gasteiger charge is 2.13. The predicted molar refractivity (Wildman–Crippen MR) is 128 cm³/mol. The van der Waals surface area contributed by atoms with Gasteiger partial charge in [0.15, 0.2) is 0 Å². The van der Waals surface area contributed by atoms with Gasteiger partial charge in [-0.1, -0.05) is 40.9 Å². The Bertz CT molecular complexity index is 1080. The number of nitrogens with one attached hydrogen (secondary N) is 1. The first-order valence-electron chi connectivity index (χ1n) is 9.20. The molecule has 0 bridgehead atoms. The average Bonchev–Trinajstić information content (AvgIpc) is 2.99. The molecule has 0 atom stereocenters. The van der Waals surface area contributed by atoms with Gasteiger partial charge in [0.1, 0.15) is 0 Å². The molecule has 0 spiro atoms. The fraction of sp³-hybridized carbons (Fsp3) is 0.182. The highest BCUT2D eigenvalue weighted by atomic mass is 35.5. The van der Waals surface area contributed by atoms with Crippen LogP contribution >= 0.6 is 46.6 Å². The van der Waals surface area contributed by atoms with Gasteiger partial charge in [-0.15, -0.1) is 11.8 Å². The molecular formula is C22H20Cl3N3OS. The Morgan fingerprint density at radius 1 is 1.13 bits per heavy atom. The fourth-order valence-electron chi connectivity index (χ4n) is 2.98. The van der Waals surface area contributed by atoms with Gasteiger partial charge in [0.2, 0.25) is 5.91 Å². The van der Waals surface area contributed by atoms with Gasteiger partial charge in [-0.05, 0) is 56.3 Å². The molecule has 3 aromatic rings. The second-order valence-electron chi connectivity index (χ2n) is 6.58. The fourth-order valence-corrected chi connectivity index (χ4v) is 4.33. The van der Waals surface area contributed by atoms with Crippen LogP contribution in [0.25, 0.3) is 5.69 Å². The molecule has 0 saturated heterocycles. The van der Waals surface area contributed by atoms with Crippen LogP contribution in [0.2, 0.25) is 15.1 Å². The largest absolute Gasteiger partial charge is 0.316 e. The first-order valence-corrected chi connectivity index (χ1v) is 11.3. The number of aromatic nitrogens is 1. The number of thioether (sulfide) groups is 1. The minimum atomic E-state index is -0.139. The zero-order chi connectivity index (χ0) is 21.7. The number of benzene rings is 2. The lowest BCUT2D eigenvalue weighted by molar-refractivity contribution is -0.120. The van der Waals surface area contributed by atoms with Crippen LogP contribution in [-0.4, -0.2) is 22.4 Å². The summed E-state index contributed by atoms with van der Waals surface area (Å²) in [5.41, 5.74) is 6.22. The zero-order valence-corrected chi connectivity index (χ0v) is 19.5. The van der Waals surface area contributed by atoms with Crippen molar-refractivity contribution < 1.29 is 4.79 Å². The summed E-state index contributed by atoms with van der Waals surface area (Å²) >= 11 is 20.0. The molecule has 4 nitrogen and oxygen atoms in total. The lowest BCUT2D eigenvalue weighted by atomic mass is 10.2. The third kappa shape index (κ3) is 5.61. The normalized spacial score (nSPS) is 11.2. The number of aryl methyl sites for hydroxylation is 1. The molecule has 8 heteroatoms. The van der Waals surface area contributed by atoms with Gasteiger partial charge < -0.3 is 4.57 Å². The highest BCUT2D eigenvalue weighted by molar-refractivity contribution is 7.99. The van der Waals surface area contributed by atoms with E-state index in [-0.39, 0.29) is 5.91 Å². The second-order valence-corrected chi connectivity index (χ2v) is 8.97. The predicted octanol–water partition coefficient (Wildman–Crippen LogP) is 6.69. The van der Waals surface area contributed by atoms with E-state index < -0.39 is 0 Å². The Morgan fingerprint density at radius 3 is 2.60 bits per heavy atom. The van der Waals surface area contributed by atoms with E-state index in [2.05, 4.69) is 10.5 Å². The van der Waals surface area contributed by atoms with Gasteiger partial charge in [0, 0.05) is 39.0 Å². The summed E-state index contributed by atoms with van der Waals surface area (Å²) in [5.74, 6) is 0.518. The second kappa shape index (κ2) is 10.4.